The van der Waals surface area contributed by atoms with Crippen molar-refractivity contribution in [1.82, 2.24) is 4.90 Å². The van der Waals surface area contributed by atoms with Crippen LogP contribution in [-0.2, 0) is 0 Å². The fourth-order valence-electron chi connectivity index (χ4n) is 0.331. The zero-order chi connectivity index (χ0) is 7.65. The molecular weight excluding hydrogens is 132 g/mol. The summed E-state index contributed by atoms with van der Waals surface area (Å²) in [5.41, 5.74) is 5.43. The van der Waals surface area contributed by atoms with Gasteiger partial charge in [0.25, 0.3) is 0 Å². The minimum absolute atomic E-state index is 0.0475. The molecule has 0 rings (SSSR count). The van der Waals surface area contributed by atoms with E-state index >= 15 is 0 Å². The zero-order valence-corrected chi connectivity index (χ0v) is 7.25. The average Bonchev–Trinajstić information content (AvgIpc) is 1.62. The zero-order valence-electron chi connectivity index (χ0n) is 6.43. The molecule has 3 heteroatoms. The minimum atomic E-state index is 0.0475. The number of hydrogen-bond donors (Lipinski definition) is 1. The molecule has 0 heterocycles. The van der Waals surface area contributed by atoms with Crippen LogP contribution < -0.4 is 5.73 Å². The summed E-state index contributed by atoms with van der Waals surface area (Å²) < 4.78 is 0. The Hall–Kier alpha value is -0.310. The van der Waals surface area contributed by atoms with Gasteiger partial charge in [-0.3, -0.25) is 0 Å². The molecule has 0 aromatic heterocycles. The van der Waals surface area contributed by atoms with E-state index in [0.29, 0.717) is 5.11 Å². The van der Waals surface area contributed by atoms with E-state index in [4.69, 9.17) is 18.0 Å². The average molecular weight is 146 g/mol. The Morgan fingerprint density at radius 1 is 1.44 bits per heavy atom. The lowest BCUT2D eigenvalue weighted by Crippen LogP contribution is -2.45. The highest BCUT2D eigenvalue weighted by Crippen LogP contribution is 2.08. The molecular formula is C6H14N2S. The number of nitrogens with two attached hydrogens (primary N) is 1. The molecule has 0 aliphatic heterocycles. The highest BCUT2D eigenvalue weighted by Gasteiger charge is 2.16. The Kier molecular flexibility index (Phi) is 2.43. The first-order valence-corrected chi connectivity index (χ1v) is 3.30. The molecule has 54 valence electrons. The quantitative estimate of drug-likeness (QED) is 0.516. The molecule has 0 spiro atoms. The van der Waals surface area contributed by atoms with Gasteiger partial charge in [0.1, 0.15) is 0 Å². The molecule has 0 bridgehead atoms. The van der Waals surface area contributed by atoms with E-state index in [-0.39, 0.29) is 5.54 Å². The maximum atomic E-state index is 5.38. The van der Waals surface area contributed by atoms with Crippen LogP contribution in [0.2, 0.25) is 0 Å². The summed E-state index contributed by atoms with van der Waals surface area (Å²) in [6, 6.07) is 0. The molecule has 0 aromatic rings. The molecule has 0 unspecified atom stereocenters. The van der Waals surface area contributed by atoms with E-state index in [2.05, 4.69) is 20.8 Å². The van der Waals surface area contributed by atoms with Gasteiger partial charge in [0, 0.05) is 12.6 Å². The monoisotopic (exact) mass is 146 g/mol. The predicted molar refractivity (Wildman–Crippen MR) is 44.3 cm³/mol. The van der Waals surface area contributed by atoms with E-state index in [0.717, 1.165) is 0 Å². The first kappa shape index (κ1) is 8.69. The van der Waals surface area contributed by atoms with Gasteiger partial charge in [0.2, 0.25) is 0 Å². The molecule has 0 aliphatic rings. The lowest BCUT2D eigenvalue weighted by Gasteiger charge is -2.32. The summed E-state index contributed by atoms with van der Waals surface area (Å²) in [5.74, 6) is 0. The van der Waals surface area contributed by atoms with Crippen molar-refractivity contribution in [2.45, 2.75) is 26.3 Å². The maximum Gasteiger partial charge on any atom is 0.166 e. The Morgan fingerprint density at radius 2 is 1.78 bits per heavy atom. The molecule has 9 heavy (non-hydrogen) atoms. The van der Waals surface area contributed by atoms with E-state index in [9.17, 15) is 0 Å². The molecule has 0 saturated heterocycles. The van der Waals surface area contributed by atoms with E-state index in [1.165, 1.54) is 0 Å². The van der Waals surface area contributed by atoms with Gasteiger partial charge >= 0.3 is 0 Å². The van der Waals surface area contributed by atoms with Crippen molar-refractivity contribution >= 4 is 17.3 Å². The summed E-state index contributed by atoms with van der Waals surface area (Å²) in [7, 11) is 1.89. The SMILES string of the molecule is CN(C(N)=S)C(C)(C)C. The summed E-state index contributed by atoms with van der Waals surface area (Å²) >= 11 is 4.77. The molecule has 0 atom stereocenters. The van der Waals surface area contributed by atoms with Crippen LogP contribution in [0.4, 0.5) is 0 Å². The molecule has 2 nitrogen and oxygen atoms in total. The van der Waals surface area contributed by atoms with Crippen LogP contribution in [0.3, 0.4) is 0 Å². The van der Waals surface area contributed by atoms with Gasteiger partial charge in [-0.25, -0.2) is 0 Å². The number of rotatable bonds is 0. The summed E-state index contributed by atoms with van der Waals surface area (Å²) in [6.45, 7) is 6.18. The Labute approximate surface area is 62.0 Å². The highest BCUT2D eigenvalue weighted by molar-refractivity contribution is 7.80. The normalized spacial score (nSPS) is 11.1. The molecule has 0 fully saturated rings. The van der Waals surface area contributed by atoms with Crippen LogP contribution >= 0.6 is 12.2 Å². The number of hydrogen-bond acceptors (Lipinski definition) is 1. The summed E-state index contributed by atoms with van der Waals surface area (Å²) in [6.07, 6.45) is 0. The second-order valence-electron chi connectivity index (χ2n) is 3.07. The molecule has 0 saturated carbocycles. The largest absolute Gasteiger partial charge is 0.376 e. The van der Waals surface area contributed by atoms with Crippen LogP contribution in [0, 0.1) is 0 Å². The van der Waals surface area contributed by atoms with Gasteiger partial charge in [-0.15, -0.1) is 0 Å². The van der Waals surface area contributed by atoms with E-state index in [1.807, 2.05) is 11.9 Å². The van der Waals surface area contributed by atoms with Gasteiger partial charge < -0.3 is 10.6 Å². The van der Waals surface area contributed by atoms with Crippen molar-refractivity contribution in [3.05, 3.63) is 0 Å². The molecule has 0 aliphatic carbocycles. The summed E-state index contributed by atoms with van der Waals surface area (Å²) in [4.78, 5) is 1.86. The van der Waals surface area contributed by atoms with Crippen molar-refractivity contribution < 1.29 is 0 Å². The Morgan fingerprint density at radius 3 is 1.78 bits per heavy atom. The van der Waals surface area contributed by atoms with Crippen molar-refractivity contribution in [1.29, 1.82) is 0 Å². The maximum absolute atomic E-state index is 5.38. The molecule has 0 aromatic carbocycles. The van der Waals surface area contributed by atoms with Gasteiger partial charge in [-0.1, -0.05) is 0 Å². The van der Waals surface area contributed by atoms with Crippen molar-refractivity contribution in [3.63, 3.8) is 0 Å². The van der Waals surface area contributed by atoms with Crippen LogP contribution in [0.15, 0.2) is 0 Å². The minimum Gasteiger partial charge on any atom is -0.376 e. The van der Waals surface area contributed by atoms with Gasteiger partial charge in [0.05, 0.1) is 0 Å². The van der Waals surface area contributed by atoms with Crippen molar-refractivity contribution in [3.8, 4) is 0 Å². The van der Waals surface area contributed by atoms with Crippen LogP contribution in [0.1, 0.15) is 20.8 Å². The Balaban J connectivity index is 4.04. The number of nitrogens with zero attached hydrogens (tertiary/aromatic N) is 1. The standard InChI is InChI=1S/C6H14N2S/c1-6(2,3)8(4)5(7)9/h1-4H3,(H2,7,9). The topological polar surface area (TPSA) is 29.3 Å². The van der Waals surface area contributed by atoms with Crippen LogP contribution in [0.25, 0.3) is 0 Å². The van der Waals surface area contributed by atoms with Gasteiger partial charge in [-0.2, -0.15) is 0 Å². The third-order valence-electron chi connectivity index (χ3n) is 1.34. The van der Waals surface area contributed by atoms with Crippen LogP contribution in [0.5, 0.6) is 0 Å². The molecule has 2 N–H and O–H groups in total. The van der Waals surface area contributed by atoms with E-state index in [1.54, 1.807) is 0 Å². The fourth-order valence-corrected chi connectivity index (χ4v) is 0.604. The van der Waals surface area contributed by atoms with Crippen molar-refractivity contribution in [2.24, 2.45) is 5.73 Å². The summed E-state index contributed by atoms with van der Waals surface area (Å²) in [5, 5.41) is 0.447. The van der Waals surface area contributed by atoms with Crippen molar-refractivity contribution in [2.75, 3.05) is 7.05 Å². The van der Waals surface area contributed by atoms with Crippen LogP contribution in [-0.4, -0.2) is 22.6 Å². The smallest absolute Gasteiger partial charge is 0.166 e. The number of thiocarbonyl (C=S) groups is 1. The fraction of sp³-hybridized carbons (Fsp3) is 0.833. The first-order chi connectivity index (χ1) is 3.85. The third kappa shape index (κ3) is 2.65. The second-order valence-corrected chi connectivity index (χ2v) is 3.49. The highest BCUT2D eigenvalue weighted by atomic mass is 32.1. The molecule has 0 radical (unpaired) electrons. The lowest BCUT2D eigenvalue weighted by molar-refractivity contribution is 0.284. The Bertz CT molecular complexity index is 115. The lowest BCUT2D eigenvalue weighted by atomic mass is 10.1. The molecule has 0 amide bonds. The predicted octanol–water partition coefficient (Wildman–Crippen LogP) is 0.960. The van der Waals surface area contributed by atoms with Gasteiger partial charge in [0.15, 0.2) is 5.11 Å². The first-order valence-electron chi connectivity index (χ1n) is 2.89. The second kappa shape index (κ2) is 2.52. The van der Waals surface area contributed by atoms with E-state index < -0.39 is 0 Å². The third-order valence-corrected chi connectivity index (χ3v) is 1.61. The van der Waals surface area contributed by atoms with Gasteiger partial charge in [-0.05, 0) is 33.0 Å².